The van der Waals surface area contributed by atoms with Crippen LogP contribution in [-0.2, 0) is 19.4 Å². The van der Waals surface area contributed by atoms with Crippen molar-refractivity contribution in [3.63, 3.8) is 0 Å². The molecule has 0 spiro atoms. The number of halogens is 1. The topological polar surface area (TPSA) is 68.2 Å². The van der Waals surface area contributed by atoms with E-state index in [4.69, 9.17) is 5.73 Å². The fourth-order valence-electron chi connectivity index (χ4n) is 3.43. The molecule has 6 heteroatoms. The van der Waals surface area contributed by atoms with E-state index in [9.17, 15) is 0 Å². The first kappa shape index (κ1) is 19.4. The highest BCUT2D eigenvalue weighted by Crippen LogP contribution is 2.27. The maximum Gasteiger partial charge on any atom is 0.193 e. The van der Waals surface area contributed by atoms with Gasteiger partial charge in [0.1, 0.15) is 0 Å². The van der Waals surface area contributed by atoms with Crippen LogP contribution in [0, 0.1) is 0 Å². The van der Waals surface area contributed by atoms with Crippen molar-refractivity contribution in [3.8, 4) is 5.69 Å². The van der Waals surface area contributed by atoms with Crippen LogP contribution >= 0.6 is 24.0 Å². The second-order valence-electron chi connectivity index (χ2n) is 6.59. The molecule has 0 unspecified atom stereocenters. The summed E-state index contributed by atoms with van der Waals surface area (Å²) >= 11 is 0. The number of benzene rings is 2. The van der Waals surface area contributed by atoms with E-state index in [2.05, 4.69) is 45.7 Å². The molecule has 3 N–H and O–H groups in total. The number of aromatic nitrogens is 2. The Morgan fingerprint density at radius 2 is 1.89 bits per heavy atom. The van der Waals surface area contributed by atoms with Crippen molar-refractivity contribution >= 4 is 35.6 Å². The van der Waals surface area contributed by atoms with Crippen LogP contribution in [-0.4, -0.2) is 15.7 Å². The summed E-state index contributed by atoms with van der Waals surface area (Å²) in [6.07, 6.45) is 8.48. The minimum atomic E-state index is 0. The molecule has 27 heavy (non-hydrogen) atoms. The molecule has 1 aromatic heterocycles. The van der Waals surface area contributed by atoms with Crippen molar-refractivity contribution < 1.29 is 0 Å². The van der Waals surface area contributed by atoms with Gasteiger partial charge in [-0.2, -0.15) is 5.10 Å². The lowest BCUT2D eigenvalue weighted by Crippen LogP contribution is -2.24. The molecule has 0 radical (unpaired) electrons. The highest BCUT2D eigenvalue weighted by Gasteiger charge is 2.13. The molecule has 140 valence electrons. The van der Waals surface area contributed by atoms with Gasteiger partial charge in [-0.05, 0) is 66.6 Å². The molecule has 0 atom stereocenters. The number of rotatable bonds is 4. The zero-order valence-corrected chi connectivity index (χ0v) is 17.5. The van der Waals surface area contributed by atoms with Gasteiger partial charge in [-0.25, -0.2) is 9.67 Å². The molecule has 0 fully saturated rings. The minimum absolute atomic E-state index is 0. The van der Waals surface area contributed by atoms with Gasteiger partial charge in [0, 0.05) is 18.1 Å². The lowest BCUT2D eigenvalue weighted by Gasteiger charge is -2.19. The van der Waals surface area contributed by atoms with Crippen molar-refractivity contribution in [2.75, 3.05) is 5.32 Å². The van der Waals surface area contributed by atoms with Crippen LogP contribution in [0.15, 0.2) is 65.9 Å². The van der Waals surface area contributed by atoms with Gasteiger partial charge in [0.2, 0.25) is 0 Å². The fourth-order valence-corrected chi connectivity index (χ4v) is 3.43. The van der Waals surface area contributed by atoms with Gasteiger partial charge in [0.05, 0.1) is 12.2 Å². The van der Waals surface area contributed by atoms with E-state index >= 15 is 0 Å². The fraction of sp³-hybridized carbons (Fsp3) is 0.238. The molecule has 0 amide bonds. The SMILES string of the molecule is I.NC(=NCc1ccc(-n2cccn2)cc1)Nc1cccc2c1CCCC2. The molecule has 1 heterocycles. The Kier molecular flexibility index (Phi) is 6.49. The number of nitrogens with one attached hydrogen (secondary N) is 1. The second-order valence-corrected chi connectivity index (χ2v) is 6.59. The molecule has 2 aromatic carbocycles. The molecule has 4 rings (SSSR count). The van der Waals surface area contributed by atoms with Crippen molar-refractivity contribution in [2.45, 2.75) is 32.2 Å². The third kappa shape index (κ3) is 4.68. The van der Waals surface area contributed by atoms with E-state index in [1.807, 2.05) is 29.1 Å². The van der Waals surface area contributed by atoms with Crippen LogP contribution in [0.2, 0.25) is 0 Å². The van der Waals surface area contributed by atoms with Gasteiger partial charge in [-0.1, -0.05) is 24.3 Å². The Hall–Kier alpha value is -2.35. The zero-order chi connectivity index (χ0) is 17.8. The van der Waals surface area contributed by atoms with Gasteiger partial charge >= 0.3 is 0 Å². The lowest BCUT2D eigenvalue weighted by molar-refractivity contribution is 0.687. The number of nitrogens with zero attached hydrogens (tertiary/aromatic N) is 3. The Bertz CT molecular complexity index is 901. The van der Waals surface area contributed by atoms with Crippen LogP contribution < -0.4 is 11.1 Å². The average molecular weight is 473 g/mol. The van der Waals surface area contributed by atoms with Crippen LogP contribution in [0.3, 0.4) is 0 Å². The smallest absolute Gasteiger partial charge is 0.193 e. The largest absolute Gasteiger partial charge is 0.370 e. The monoisotopic (exact) mass is 473 g/mol. The maximum atomic E-state index is 6.12. The van der Waals surface area contributed by atoms with Gasteiger partial charge < -0.3 is 11.1 Å². The van der Waals surface area contributed by atoms with Crippen LogP contribution in [0.25, 0.3) is 5.69 Å². The number of hydrogen-bond donors (Lipinski definition) is 2. The maximum absolute atomic E-state index is 6.12. The Labute approximate surface area is 176 Å². The van der Waals surface area contributed by atoms with E-state index in [0.29, 0.717) is 12.5 Å². The van der Waals surface area contributed by atoms with E-state index in [1.54, 1.807) is 6.20 Å². The quantitative estimate of drug-likeness (QED) is 0.338. The Morgan fingerprint density at radius 3 is 2.67 bits per heavy atom. The first-order valence-corrected chi connectivity index (χ1v) is 9.06. The molecule has 0 aliphatic heterocycles. The molecule has 0 saturated heterocycles. The van der Waals surface area contributed by atoms with E-state index in [0.717, 1.165) is 29.8 Å². The number of guanidine groups is 1. The number of aryl methyl sites for hydroxylation is 1. The lowest BCUT2D eigenvalue weighted by atomic mass is 9.90. The summed E-state index contributed by atoms with van der Waals surface area (Å²) in [6, 6.07) is 16.5. The number of aliphatic imine (C=N–C) groups is 1. The summed E-state index contributed by atoms with van der Waals surface area (Å²) < 4.78 is 1.83. The number of hydrogen-bond acceptors (Lipinski definition) is 2. The molecule has 1 aliphatic carbocycles. The summed E-state index contributed by atoms with van der Waals surface area (Å²) in [7, 11) is 0. The molecular weight excluding hydrogens is 449 g/mol. The Balaban J connectivity index is 0.00000210. The zero-order valence-electron chi connectivity index (χ0n) is 15.1. The molecule has 0 bridgehead atoms. The summed E-state index contributed by atoms with van der Waals surface area (Å²) in [5, 5.41) is 7.52. The molecule has 0 saturated carbocycles. The second kappa shape index (κ2) is 9.03. The number of fused-ring (bicyclic) bond motifs is 1. The number of anilines is 1. The summed E-state index contributed by atoms with van der Waals surface area (Å²) in [5.41, 5.74) is 12.2. The van der Waals surface area contributed by atoms with Crippen molar-refractivity contribution in [1.29, 1.82) is 0 Å². The van der Waals surface area contributed by atoms with Crippen LogP contribution in [0.1, 0.15) is 29.5 Å². The third-order valence-corrected chi connectivity index (χ3v) is 4.80. The number of nitrogens with two attached hydrogens (primary N) is 1. The average Bonchev–Trinajstić information content (AvgIpc) is 3.22. The predicted octanol–water partition coefficient (Wildman–Crippen LogP) is 4.30. The summed E-state index contributed by atoms with van der Waals surface area (Å²) in [5.74, 6) is 0.458. The van der Waals surface area contributed by atoms with Crippen molar-refractivity contribution in [1.82, 2.24) is 9.78 Å². The first-order chi connectivity index (χ1) is 12.8. The standard InChI is InChI=1S/C21H23N5.HI/c22-21(25-20-8-3-6-17-5-1-2-7-19(17)20)23-15-16-9-11-18(12-10-16)26-14-4-13-24-26;/h3-4,6,8-14H,1-2,5,7,15H2,(H3,22,23,25);1H. The van der Waals surface area contributed by atoms with E-state index in [-0.39, 0.29) is 24.0 Å². The van der Waals surface area contributed by atoms with E-state index < -0.39 is 0 Å². The Morgan fingerprint density at radius 1 is 1.07 bits per heavy atom. The predicted molar refractivity (Wildman–Crippen MR) is 121 cm³/mol. The normalized spacial score (nSPS) is 13.6. The highest BCUT2D eigenvalue weighted by molar-refractivity contribution is 14.0. The molecule has 5 nitrogen and oxygen atoms in total. The van der Waals surface area contributed by atoms with Gasteiger partial charge in [-0.3, -0.25) is 0 Å². The molecular formula is C21H24IN5. The first-order valence-electron chi connectivity index (χ1n) is 9.06. The minimum Gasteiger partial charge on any atom is -0.370 e. The van der Waals surface area contributed by atoms with Crippen LogP contribution in [0.5, 0.6) is 0 Å². The third-order valence-electron chi connectivity index (χ3n) is 4.80. The molecule has 1 aliphatic rings. The summed E-state index contributed by atoms with van der Waals surface area (Å²) in [6.45, 7) is 0.549. The van der Waals surface area contributed by atoms with Crippen molar-refractivity contribution in [3.05, 3.63) is 77.6 Å². The highest BCUT2D eigenvalue weighted by atomic mass is 127. The van der Waals surface area contributed by atoms with Crippen LogP contribution in [0.4, 0.5) is 5.69 Å². The summed E-state index contributed by atoms with van der Waals surface area (Å²) in [4.78, 5) is 4.49. The van der Waals surface area contributed by atoms with Gasteiger partial charge in [0.15, 0.2) is 5.96 Å². The van der Waals surface area contributed by atoms with Crippen molar-refractivity contribution in [2.24, 2.45) is 10.7 Å². The van der Waals surface area contributed by atoms with Gasteiger partial charge in [0.25, 0.3) is 0 Å². The van der Waals surface area contributed by atoms with E-state index in [1.165, 1.54) is 24.0 Å². The molecule has 3 aromatic rings. The van der Waals surface area contributed by atoms with Gasteiger partial charge in [-0.15, -0.1) is 24.0 Å².